The average Bonchev–Trinajstić information content (AvgIpc) is 2.72. The van der Waals surface area contributed by atoms with Crippen LogP contribution < -0.4 is 0 Å². The average molecular weight is 264 g/mol. The highest BCUT2D eigenvalue weighted by molar-refractivity contribution is 8.00. The van der Waals surface area contributed by atoms with Crippen LogP contribution in [0.15, 0.2) is 29.4 Å². The van der Waals surface area contributed by atoms with Crippen LogP contribution in [0.25, 0.3) is 11.0 Å². The molecule has 1 N–H and O–H groups in total. The van der Waals surface area contributed by atoms with Gasteiger partial charge in [-0.2, -0.15) is 0 Å². The fraction of sp³-hybridized carbons (Fsp3) is 0.385. The Hall–Kier alpha value is -1.49. The van der Waals surface area contributed by atoms with Gasteiger partial charge in [0, 0.05) is 6.54 Å². The Morgan fingerprint density at radius 1 is 1.44 bits per heavy atom. The van der Waals surface area contributed by atoms with Gasteiger partial charge < -0.3 is 9.67 Å². The number of aromatic nitrogens is 2. The molecule has 4 nitrogen and oxygen atoms in total. The van der Waals surface area contributed by atoms with Crippen LogP contribution in [0.2, 0.25) is 0 Å². The third kappa shape index (κ3) is 2.36. The number of benzene rings is 1. The molecule has 96 valence electrons. The molecule has 0 saturated heterocycles. The minimum atomic E-state index is -0.780. The molecule has 0 spiro atoms. The number of para-hydroxylation sites is 2. The van der Waals surface area contributed by atoms with Gasteiger partial charge in [-0.25, -0.2) is 4.98 Å². The van der Waals surface area contributed by atoms with Crippen molar-refractivity contribution >= 4 is 28.8 Å². The summed E-state index contributed by atoms with van der Waals surface area (Å²) in [5.74, 6) is -0.780. The first-order chi connectivity index (χ1) is 8.67. The molecule has 1 aromatic carbocycles. The molecule has 0 aliphatic carbocycles. The Morgan fingerprint density at radius 2 is 2.17 bits per heavy atom. The van der Waals surface area contributed by atoms with E-state index in [-0.39, 0.29) is 0 Å². The predicted octanol–water partition coefficient (Wildman–Crippen LogP) is 3.01. The number of hydrogen-bond acceptors (Lipinski definition) is 3. The Balaban J connectivity index is 2.41. The van der Waals surface area contributed by atoms with Gasteiger partial charge in [0.2, 0.25) is 0 Å². The first-order valence-corrected chi connectivity index (χ1v) is 6.90. The lowest BCUT2D eigenvalue weighted by molar-refractivity contribution is -0.136. The van der Waals surface area contributed by atoms with Crippen molar-refractivity contribution in [3.05, 3.63) is 24.3 Å². The summed E-state index contributed by atoms with van der Waals surface area (Å²) in [4.78, 5) is 15.6. The monoisotopic (exact) mass is 264 g/mol. The quantitative estimate of drug-likeness (QED) is 0.843. The topological polar surface area (TPSA) is 55.1 Å². The molecule has 0 fully saturated rings. The highest BCUT2D eigenvalue weighted by atomic mass is 32.2. The smallest absolute Gasteiger partial charge is 0.317 e. The van der Waals surface area contributed by atoms with Crippen molar-refractivity contribution in [2.75, 3.05) is 0 Å². The standard InChI is InChI=1S/C13H16N2O2S/c1-3-11(12(16)17)18-13-14-9-7-5-6-8-10(9)15(13)4-2/h5-8,11H,3-4H2,1-2H3,(H,16,17). The lowest BCUT2D eigenvalue weighted by Crippen LogP contribution is -2.15. The predicted molar refractivity (Wildman–Crippen MR) is 73.0 cm³/mol. The molecular weight excluding hydrogens is 248 g/mol. The van der Waals surface area contributed by atoms with E-state index in [0.717, 1.165) is 22.7 Å². The third-order valence-electron chi connectivity index (χ3n) is 2.83. The number of fused-ring (bicyclic) bond motifs is 1. The first kappa shape index (κ1) is 13.0. The number of thioether (sulfide) groups is 1. The van der Waals surface area contributed by atoms with Crippen LogP contribution in [0.1, 0.15) is 20.3 Å². The van der Waals surface area contributed by atoms with Gasteiger partial charge in [-0.15, -0.1) is 0 Å². The molecule has 0 aliphatic heterocycles. The van der Waals surface area contributed by atoms with E-state index < -0.39 is 11.2 Å². The second-order valence-electron chi connectivity index (χ2n) is 3.98. The van der Waals surface area contributed by atoms with E-state index in [9.17, 15) is 4.79 Å². The van der Waals surface area contributed by atoms with Crippen LogP contribution in [0.5, 0.6) is 0 Å². The zero-order valence-electron chi connectivity index (χ0n) is 10.5. The van der Waals surface area contributed by atoms with Crippen LogP contribution in [-0.4, -0.2) is 25.9 Å². The van der Waals surface area contributed by atoms with Gasteiger partial charge in [0.15, 0.2) is 5.16 Å². The van der Waals surface area contributed by atoms with Crippen LogP contribution in [-0.2, 0) is 11.3 Å². The number of imidazole rings is 1. The van der Waals surface area contributed by atoms with Crippen molar-refractivity contribution in [3.63, 3.8) is 0 Å². The summed E-state index contributed by atoms with van der Waals surface area (Å²) >= 11 is 1.33. The maximum Gasteiger partial charge on any atom is 0.317 e. The fourth-order valence-electron chi connectivity index (χ4n) is 1.88. The van der Waals surface area contributed by atoms with Crippen molar-refractivity contribution in [3.8, 4) is 0 Å². The van der Waals surface area contributed by atoms with Crippen molar-refractivity contribution in [2.24, 2.45) is 0 Å². The van der Waals surface area contributed by atoms with Crippen LogP contribution in [0.4, 0.5) is 0 Å². The highest BCUT2D eigenvalue weighted by Gasteiger charge is 2.20. The Morgan fingerprint density at radius 3 is 2.78 bits per heavy atom. The van der Waals surface area contributed by atoms with Crippen molar-refractivity contribution in [1.82, 2.24) is 9.55 Å². The van der Waals surface area contributed by atoms with Crippen LogP contribution in [0, 0.1) is 0 Å². The normalized spacial score (nSPS) is 12.8. The molecule has 1 aromatic heterocycles. The maximum atomic E-state index is 11.1. The first-order valence-electron chi connectivity index (χ1n) is 6.02. The largest absolute Gasteiger partial charge is 0.480 e. The summed E-state index contributed by atoms with van der Waals surface area (Å²) in [6, 6.07) is 7.88. The van der Waals surface area contributed by atoms with Gasteiger partial charge >= 0.3 is 5.97 Å². The third-order valence-corrected chi connectivity index (χ3v) is 4.17. The molecule has 1 atom stereocenters. The fourth-order valence-corrected chi connectivity index (χ4v) is 2.91. The number of aliphatic carboxylic acids is 1. The molecule has 0 bridgehead atoms. The Labute approximate surface area is 110 Å². The zero-order chi connectivity index (χ0) is 13.1. The summed E-state index contributed by atoms with van der Waals surface area (Å²) in [6.45, 7) is 4.71. The summed E-state index contributed by atoms with van der Waals surface area (Å²) < 4.78 is 2.06. The second kappa shape index (κ2) is 5.44. The number of aryl methyl sites for hydroxylation is 1. The maximum absolute atomic E-state index is 11.1. The highest BCUT2D eigenvalue weighted by Crippen LogP contribution is 2.28. The molecule has 1 heterocycles. The molecular formula is C13H16N2O2S. The van der Waals surface area contributed by atoms with Gasteiger partial charge in [-0.05, 0) is 25.5 Å². The van der Waals surface area contributed by atoms with E-state index in [1.165, 1.54) is 11.8 Å². The number of carbonyl (C=O) groups is 1. The van der Waals surface area contributed by atoms with Gasteiger partial charge in [-0.1, -0.05) is 30.8 Å². The van der Waals surface area contributed by atoms with Gasteiger partial charge in [0.05, 0.1) is 11.0 Å². The lowest BCUT2D eigenvalue weighted by Gasteiger charge is -2.10. The van der Waals surface area contributed by atoms with Gasteiger partial charge in [0.1, 0.15) is 5.25 Å². The molecule has 2 aromatic rings. The molecule has 0 aliphatic rings. The summed E-state index contributed by atoms with van der Waals surface area (Å²) in [6.07, 6.45) is 0.590. The van der Waals surface area contributed by atoms with Crippen molar-refractivity contribution < 1.29 is 9.90 Å². The van der Waals surface area contributed by atoms with Crippen molar-refractivity contribution in [2.45, 2.75) is 37.2 Å². The van der Waals surface area contributed by atoms with E-state index in [2.05, 4.69) is 9.55 Å². The summed E-state index contributed by atoms with van der Waals surface area (Å²) in [5, 5.41) is 9.46. The number of carboxylic acid groups (broad SMARTS) is 1. The SMILES string of the molecule is CCC(Sc1nc2ccccc2n1CC)C(=O)O. The number of nitrogens with zero attached hydrogens (tertiary/aromatic N) is 2. The molecule has 2 rings (SSSR count). The van der Waals surface area contributed by atoms with E-state index in [4.69, 9.17) is 5.11 Å². The molecule has 0 amide bonds. The second-order valence-corrected chi connectivity index (χ2v) is 5.15. The van der Waals surface area contributed by atoms with Gasteiger partial charge in [-0.3, -0.25) is 4.79 Å². The van der Waals surface area contributed by atoms with E-state index in [1.807, 2.05) is 38.1 Å². The van der Waals surface area contributed by atoms with E-state index in [1.54, 1.807) is 0 Å². The summed E-state index contributed by atoms with van der Waals surface area (Å²) in [5.41, 5.74) is 1.98. The minimum absolute atomic E-state index is 0.438. The molecule has 18 heavy (non-hydrogen) atoms. The number of rotatable bonds is 5. The van der Waals surface area contributed by atoms with E-state index in [0.29, 0.717) is 6.42 Å². The van der Waals surface area contributed by atoms with Gasteiger partial charge in [0.25, 0.3) is 0 Å². The molecule has 1 unspecified atom stereocenters. The van der Waals surface area contributed by atoms with E-state index >= 15 is 0 Å². The number of carboxylic acids is 1. The van der Waals surface area contributed by atoms with Crippen LogP contribution >= 0.6 is 11.8 Å². The minimum Gasteiger partial charge on any atom is -0.480 e. The lowest BCUT2D eigenvalue weighted by atomic mass is 10.3. The molecule has 0 radical (unpaired) electrons. The molecule has 5 heteroatoms. The van der Waals surface area contributed by atoms with Crippen molar-refractivity contribution in [1.29, 1.82) is 0 Å². The Kier molecular flexibility index (Phi) is 3.91. The zero-order valence-corrected chi connectivity index (χ0v) is 11.3. The summed E-state index contributed by atoms with van der Waals surface area (Å²) in [7, 11) is 0. The Bertz CT molecular complexity index is 565. The molecule has 0 saturated carbocycles. The number of hydrogen-bond donors (Lipinski definition) is 1. The van der Waals surface area contributed by atoms with Crippen LogP contribution in [0.3, 0.4) is 0 Å².